The SMILES string of the molecule is Cc1ccc(C)c(OCCN2C(=O)S/C(=C\c3cc(C)n(-c4ccc(N5CCOCC5)c([N+](=O)[O-])c4)c3C)C2=O)c1. The number of nitro benzene ring substituents is 1. The molecule has 1 aromatic heterocycles. The Balaban J connectivity index is 1.35. The van der Waals surface area contributed by atoms with E-state index in [4.69, 9.17) is 9.47 Å². The number of aryl methyl sites for hydroxylation is 3. The number of nitrogens with zero attached hydrogens (tertiary/aromatic N) is 4. The van der Waals surface area contributed by atoms with E-state index in [-0.39, 0.29) is 34.9 Å². The summed E-state index contributed by atoms with van der Waals surface area (Å²) in [5, 5.41) is 11.6. The van der Waals surface area contributed by atoms with E-state index in [0.29, 0.717) is 42.6 Å². The van der Waals surface area contributed by atoms with E-state index >= 15 is 0 Å². The second kappa shape index (κ2) is 11.8. The fourth-order valence-corrected chi connectivity index (χ4v) is 6.00. The van der Waals surface area contributed by atoms with E-state index in [1.165, 1.54) is 4.90 Å². The number of amides is 2. The van der Waals surface area contributed by atoms with Crippen LogP contribution in [-0.2, 0) is 9.53 Å². The topological polar surface area (TPSA) is 107 Å². The molecular weight excluding hydrogens is 544 g/mol. The molecule has 3 aromatic rings. The number of anilines is 1. The van der Waals surface area contributed by atoms with Crippen LogP contribution in [0, 0.1) is 37.8 Å². The lowest BCUT2D eigenvalue weighted by molar-refractivity contribution is -0.384. The molecular formula is C30H32N4O6S. The van der Waals surface area contributed by atoms with Crippen LogP contribution < -0.4 is 9.64 Å². The van der Waals surface area contributed by atoms with E-state index in [0.717, 1.165) is 45.6 Å². The van der Waals surface area contributed by atoms with Gasteiger partial charge in [-0.15, -0.1) is 0 Å². The molecule has 0 atom stereocenters. The van der Waals surface area contributed by atoms with Gasteiger partial charge in [0.05, 0.1) is 35.3 Å². The van der Waals surface area contributed by atoms with Crippen molar-refractivity contribution in [3.8, 4) is 11.4 Å². The molecule has 214 valence electrons. The van der Waals surface area contributed by atoms with Crippen molar-refractivity contribution < 1.29 is 24.0 Å². The molecule has 5 rings (SSSR count). The summed E-state index contributed by atoms with van der Waals surface area (Å²) in [6.07, 6.45) is 1.71. The number of carbonyl (C=O) groups is 2. The number of hydrogen-bond acceptors (Lipinski definition) is 8. The van der Waals surface area contributed by atoms with Gasteiger partial charge in [0.1, 0.15) is 18.0 Å². The van der Waals surface area contributed by atoms with E-state index in [2.05, 4.69) is 0 Å². The third-order valence-corrected chi connectivity index (χ3v) is 8.22. The molecule has 2 amide bonds. The second-order valence-electron chi connectivity index (χ2n) is 10.1. The molecule has 3 heterocycles. The second-order valence-corrected chi connectivity index (χ2v) is 11.1. The molecule has 2 fully saturated rings. The zero-order chi connectivity index (χ0) is 29.3. The molecule has 10 nitrogen and oxygen atoms in total. The smallest absolute Gasteiger partial charge is 0.294 e. The summed E-state index contributed by atoms with van der Waals surface area (Å²) in [6, 6.07) is 13.0. The van der Waals surface area contributed by atoms with Crippen LogP contribution in [-0.4, -0.2) is 65.0 Å². The maximum absolute atomic E-state index is 13.1. The van der Waals surface area contributed by atoms with Crippen LogP contribution in [0.1, 0.15) is 28.1 Å². The highest BCUT2D eigenvalue weighted by Gasteiger charge is 2.35. The van der Waals surface area contributed by atoms with Gasteiger partial charge in [0.2, 0.25) is 0 Å². The van der Waals surface area contributed by atoms with Gasteiger partial charge in [-0.25, -0.2) is 0 Å². The number of carbonyl (C=O) groups excluding carboxylic acids is 2. The molecule has 2 saturated heterocycles. The summed E-state index contributed by atoms with van der Waals surface area (Å²) in [5.41, 5.74) is 5.73. The maximum atomic E-state index is 13.1. The Morgan fingerprint density at radius 3 is 2.54 bits per heavy atom. The summed E-state index contributed by atoms with van der Waals surface area (Å²) >= 11 is 0.901. The summed E-state index contributed by atoms with van der Waals surface area (Å²) in [4.78, 5) is 40.9. The number of imide groups is 1. The molecule has 0 N–H and O–H groups in total. The van der Waals surface area contributed by atoms with Crippen LogP contribution in [0.5, 0.6) is 5.75 Å². The number of thioether (sulfide) groups is 1. The minimum Gasteiger partial charge on any atom is -0.491 e. The Bertz CT molecular complexity index is 1560. The lowest BCUT2D eigenvalue weighted by atomic mass is 10.1. The van der Waals surface area contributed by atoms with Crippen molar-refractivity contribution in [1.82, 2.24) is 9.47 Å². The molecule has 0 saturated carbocycles. The first-order valence-electron chi connectivity index (χ1n) is 13.4. The Morgan fingerprint density at radius 2 is 1.80 bits per heavy atom. The van der Waals surface area contributed by atoms with Gasteiger partial charge in [-0.2, -0.15) is 0 Å². The van der Waals surface area contributed by atoms with E-state index in [1.54, 1.807) is 18.2 Å². The Morgan fingerprint density at radius 1 is 1.05 bits per heavy atom. The first-order chi connectivity index (χ1) is 19.6. The number of nitro groups is 1. The van der Waals surface area contributed by atoms with E-state index in [1.807, 2.05) is 67.5 Å². The number of benzene rings is 2. The van der Waals surface area contributed by atoms with Gasteiger partial charge in [-0.05, 0) is 86.5 Å². The number of hydrogen-bond donors (Lipinski definition) is 0. The average molecular weight is 577 g/mol. The van der Waals surface area contributed by atoms with Gasteiger partial charge in [0.25, 0.3) is 16.8 Å². The fraction of sp³-hybridized carbons (Fsp3) is 0.333. The first-order valence-corrected chi connectivity index (χ1v) is 14.2. The number of ether oxygens (including phenoxy) is 2. The molecule has 0 radical (unpaired) electrons. The Hall–Kier alpha value is -4.09. The van der Waals surface area contributed by atoms with Crippen LogP contribution in [0.15, 0.2) is 47.4 Å². The Labute approximate surface area is 242 Å². The fourth-order valence-electron chi connectivity index (χ4n) is 5.14. The van der Waals surface area contributed by atoms with Gasteiger partial charge < -0.3 is 18.9 Å². The third kappa shape index (κ3) is 5.86. The third-order valence-electron chi connectivity index (χ3n) is 7.31. The molecule has 11 heteroatoms. The van der Waals surface area contributed by atoms with Gasteiger partial charge in [0, 0.05) is 30.5 Å². The minimum atomic E-state index is -0.361. The molecule has 0 bridgehead atoms. The van der Waals surface area contributed by atoms with Gasteiger partial charge >= 0.3 is 0 Å². The molecule has 0 spiro atoms. The van der Waals surface area contributed by atoms with Crippen molar-refractivity contribution in [1.29, 1.82) is 0 Å². The zero-order valence-corrected chi connectivity index (χ0v) is 24.3. The largest absolute Gasteiger partial charge is 0.491 e. The van der Waals surface area contributed by atoms with Crippen LogP contribution >= 0.6 is 11.8 Å². The lowest BCUT2D eigenvalue weighted by Crippen LogP contribution is -2.36. The van der Waals surface area contributed by atoms with E-state index < -0.39 is 0 Å². The predicted molar refractivity (Wildman–Crippen MR) is 159 cm³/mol. The summed E-state index contributed by atoms with van der Waals surface area (Å²) < 4.78 is 13.2. The van der Waals surface area contributed by atoms with Crippen molar-refractivity contribution in [3.05, 3.63) is 85.6 Å². The molecule has 2 aromatic carbocycles. The first kappa shape index (κ1) is 28.4. The zero-order valence-electron chi connectivity index (χ0n) is 23.5. The van der Waals surface area contributed by atoms with Gasteiger partial charge in [-0.1, -0.05) is 12.1 Å². The number of aromatic nitrogens is 1. The molecule has 2 aliphatic rings. The van der Waals surface area contributed by atoms with Crippen LogP contribution in [0.4, 0.5) is 16.2 Å². The maximum Gasteiger partial charge on any atom is 0.294 e. The summed E-state index contributed by atoms with van der Waals surface area (Å²) in [6.45, 7) is 10.3. The highest BCUT2D eigenvalue weighted by atomic mass is 32.2. The standard InChI is InChI=1S/C30H32N4O6S/c1-19-5-6-20(2)27(15-19)40-14-11-32-29(35)28(41-30(32)36)17-23-16-21(3)33(22(23)4)24-7-8-25(26(18-24)34(37)38)31-9-12-39-13-10-31/h5-8,15-18H,9-14H2,1-4H3/b28-17-. The van der Waals surface area contributed by atoms with Crippen molar-refractivity contribution in [2.75, 3.05) is 44.4 Å². The minimum absolute atomic E-state index is 0.0302. The van der Waals surface area contributed by atoms with E-state index in [9.17, 15) is 19.7 Å². The van der Waals surface area contributed by atoms with Gasteiger partial charge in [0.15, 0.2) is 0 Å². The summed E-state index contributed by atoms with van der Waals surface area (Å²) in [5.74, 6) is 0.373. The summed E-state index contributed by atoms with van der Waals surface area (Å²) in [7, 11) is 0. The number of rotatable bonds is 8. The van der Waals surface area contributed by atoms with Crippen molar-refractivity contribution >= 4 is 40.4 Å². The van der Waals surface area contributed by atoms with Crippen molar-refractivity contribution in [2.24, 2.45) is 0 Å². The molecule has 41 heavy (non-hydrogen) atoms. The molecule has 2 aliphatic heterocycles. The molecule has 0 aliphatic carbocycles. The van der Waals surface area contributed by atoms with Crippen LogP contribution in [0.2, 0.25) is 0 Å². The lowest BCUT2D eigenvalue weighted by Gasteiger charge is -2.28. The Kier molecular flexibility index (Phi) is 8.18. The van der Waals surface area contributed by atoms with Crippen LogP contribution in [0.3, 0.4) is 0 Å². The monoisotopic (exact) mass is 576 g/mol. The predicted octanol–water partition coefficient (Wildman–Crippen LogP) is 5.57. The van der Waals surface area contributed by atoms with Gasteiger partial charge in [-0.3, -0.25) is 24.6 Å². The number of morpholine rings is 1. The molecule has 0 unspecified atom stereocenters. The quantitative estimate of drug-likeness (QED) is 0.195. The van der Waals surface area contributed by atoms with Crippen LogP contribution in [0.25, 0.3) is 11.8 Å². The highest BCUT2D eigenvalue weighted by molar-refractivity contribution is 8.18. The average Bonchev–Trinajstić information content (AvgIpc) is 3.38. The normalized spacial score (nSPS) is 16.6. The van der Waals surface area contributed by atoms with Crippen molar-refractivity contribution in [3.63, 3.8) is 0 Å². The highest BCUT2D eigenvalue weighted by Crippen LogP contribution is 2.36. The van der Waals surface area contributed by atoms with Crippen molar-refractivity contribution in [2.45, 2.75) is 27.7 Å².